The molecule has 0 saturated heterocycles. The van der Waals surface area contributed by atoms with Crippen molar-refractivity contribution in [3.8, 4) is 34.2 Å². The zero-order chi connectivity index (χ0) is 15.8. The van der Waals surface area contributed by atoms with Crippen LogP contribution in [0.25, 0.3) is 22.4 Å². The monoisotopic (exact) mass is 300 g/mol. The third-order valence-electron chi connectivity index (χ3n) is 4.53. The molecule has 0 radical (unpaired) electrons. The van der Waals surface area contributed by atoms with Crippen molar-refractivity contribution in [3.05, 3.63) is 65.4 Å². The summed E-state index contributed by atoms with van der Waals surface area (Å²) in [7, 11) is 1.66. The molecule has 0 aliphatic heterocycles. The van der Waals surface area contributed by atoms with Gasteiger partial charge in [-0.15, -0.1) is 0 Å². The number of H-pyrrole nitrogens is 1. The summed E-state index contributed by atoms with van der Waals surface area (Å²) in [6, 6.07) is 18.6. The highest BCUT2D eigenvalue weighted by Crippen LogP contribution is 2.40. The van der Waals surface area contributed by atoms with Gasteiger partial charge in [0, 0.05) is 11.1 Å². The first-order chi connectivity index (χ1) is 11.3. The summed E-state index contributed by atoms with van der Waals surface area (Å²) in [4.78, 5) is 3.34. The number of hydrogen-bond acceptors (Lipinski definition) is 2. The molecule has 1 N–H and O–H groups in total. The molecule has 3 aromatic rings. The average Bonchev–Trinajstić information content (AvgIpc) is 3.01. The zero-order valence-corrected chi connectivity index (χ0v) is 12.9. The highest BCUT2D eigenvalue weighted by atomic mass is 16.5. The van der Waals surface area contributed by atoms with E-state index in [1.165, 1.54) is 16.7 Å². The second kappa shape index (κ2) is 5.33. The van der Waals surface area contributed by atoms with Crippen molar-refractivity contribution >= 4 is 0 Å². The lowest BCUT2D eigenvalue weighted by molar-refractivity contribution is 0.415. The van der Waals surface area contributed by atoms with Gasteiger partial charge < -0.3 is 9.72 Å². The van der Waals surface area contributed by atoms with Crippen molar-refractivity contribution in [1.82, 2.24) is 4.98 Å². The Balaban J connectivity index is 1.92. The van der Waals surface area contributed by atoms with Crippen LogP contribution in [0.15, 0.2) is 48.5 Å². The van der Waals surface area contributed by atoms with Gasteiger partial charge in [0.05, 0.1) is 12.8 Å². The first-order valence-electron chi connectivity index (χ1n) is 7.69. The number of rotatable bonds is 2. The summed E-state index contributed by atoms with van der Waals surface area (Å²) < 4.78 is 5.23. The largest absolute Gasteiger partial charge is 0.497 e. The predicted octanol–water partition coefficient (Wildman–Crippen LogP) is 4.33. The normalized spacial score (nSPS) is 12.2. The molecule has 0 bridgehead atoms. The van der Waals surface area contributed by atoms with Crippen molar-refractivity contribution in [2.24, 2.45) is 0 Å². The highest BCUT2D eigenvalue weighted by Gasteiger charge is 2.24. The molecule has 1 heterocycles. The maximum Gasteiger partial charge on any atom is 0.126 e. The SMILES string of the molecule is COc1ccc(-c2c(C#N)[nH]c3c2CCc2ccccc2-3)cc1. The van der Waals surface area contributed by atoms with E-state index in [0.29, 0.717) is 5.69 Å². The molecule has 112 valence electrons. The summed E-state index contributed by atoms with van der Waals surface area (Å²) in [5, 5.41) is 9.57. The maximum atomic E-state index is 9.57. The number of nitrogens with one attached hydrogen (secondary N) is 1. The third-order valence-corrected chi connectivity index (χ3v) is 4.53. The fourth-order valence-corrected chi connectivity index (χ4v) is 3.42. The standard InChI is InChI=1S/C20H16N2O/c1-23-15-9-6-14(7-10-15)19-17-11-8-13-4-2-3-5-16(13)20(17)22-18(19)12-21/h2-7,9-10,22H,8,11H2,1H3. The van der Waals surface area contributed by atoms with Gasteiger partial charge >= 0.3 is 0 Å². The lowest BCUT2D eigenvalue weighted by atomic mass is 9.87. The Morgan fingerprint density at radius 1 is 1.04 bits per heavy atom. The minimum Gasteiger partial charge on any atom is -0.497 e. The number of aromatic nitrogens is 1. The Bertz CT molecular complexity index is 914. The second-order valence-electron chi connectivity index (χ2n) is 5.73. The molecule has 0 amide bonds. The molecule has 23 heavy (non-hydrogen) atoms. The van der Waals surface area contributed by atoms with Crippen LogP contribution in [0.3, 0.4) is 0 Å². The number of methoxy groups -OCH3 is 1. The van der Waals surface area contributed by atoms with Gasteiger partial charge in [0.2, 0.25) is 0 Å². The van der Waals surface area contributed by atoms with Crippen LogP contribution < -0.4 is 4.74 Å². The van der Waals surface area contributed by atoms with E-state index in [2.05, 4.69) is 29.3 Å². The molecular formula is C20H16N2O. The summed E-state index contributed by atoms with van der Waals surface area (Å²) in [6.07, 6.45) is 1.96. The Morgan fingerprint density at radius 2 is 1.83 bits per heavy atom. The number of benzene rings is 2. The van der Waals surface area contributed by atoms with Gasteiger partial charge in [-0.2, -0.15) is 5.26 Å². The quantitative estimate of drug-likeness (QED) is 0.766. The van der Waals surface area contributed by atoms with Crippen LogP contribution in [0.4, 0.5) is 0 Å². The summed E-state index contributed by atoms with van der Waals surface area (Å²) in [5.74, 6) is 0.821. The fourth-order valence-electron chi connectivity index (χ4n) is 3.42. The van der Waals surface area contributed by atoms with E-state index in [0.717, 1.165) is 35.4 Å². The number of fused-ring (bicyclic) bond motifs is 3. The smallest absolute Gasteiger partial charge is 0.126 e. The van der Waals surface area contributed by atoms with Crippen LogP contribution in [0.5, 0.6) is 5.75 Å². The van der Waals surface area contributed by atoms with Gasteiger partial charge in [-0.05, 0) is 41.7 Å². The van der Waals surface area contributed by atoms with E-state index < -0.39 is 0 Å². The Labute approximate surface area is 135 Å². The van der Waals surface area contributed by atoms with Gasteiger partial charge in [-0.1, -0.05) is 36.4 Å². The van der Waals surface area contributed by atoms with Crippen LogP contribution in [-0.2, 0) is 12.8 Å². The van der Waals surface area contributed by atoms with Crippen LogP contribution in [0, 0.1) is 11.3 Å². The van der Waals surface area contributed by atoms with Gasteiger partial charge in [0.15, 0.2) is 0 Å². The average molecular weight is 300 g/mol. The molecule has 0 saturated carbocycles. The van der Waals surface area contributed by atoms with E-state index in [-0.39, 0.29) is 0 Å². The van der Waals surface area contributed by atoms with Crippen molar-refractivity contribution < 1.29 is 4.74 Å². The van der Waals surface area contributed by atoms with E-state index in [1.807, 2.05) is 30.3 Å². The molecule has 3 heteroatoms. The minimum absolute atomic E-state index is 0.636. The maximum absolute atomic E-state index is 9.57. The van der Waals surface area contributed by atoms with Gasteiger partial charge in [-0.25, -0.2) is 0 Å². The van der Waals surface area contributed by atoms with Gasteiger partial charge in [0.25, 0.3) is 0 Å². The number of nitriles is 1. The number of nitrogens with zero attached hydrogens (tertiary/aromatic N) is 1. The van der Waals surface area contributed by atoms with E-state index >= 15 is 0 Å². The molecule has 0 spiro atoms. The molecule has 1 aromatic heterocycles. The molecule has 3 nitrogen and oxygen atoms in total. The molecule has 0 fully saturated rings. The zero-order valence-electron chi connectivity index (χ0n) is 12.9. The van der Waals surface area contributed by atoms with Crippen LogP contribution in [-0.4, -0.2) is 12.1 Å². The molecule has 2 aromatic carbocycles. The minimum atomic E-state index is 0.636. The Hall–Kier alpha value is -2.99. The number of ether oxygens (including phenoxy) is 1. The van der Waals surface area contributed by atoms with Crippen LogP contribution in [0.2, 0.25) is 0 Å². The second-order valence-corrected chi connectivity index (χ2v) is 5.73. The summed E-state index contributed by atoms with van der Waals surface area (Å²) >= 11 is 0. The molecule has 1 aliphatic carbocycles. The number of aromatic amines is 1. The molecule has 4 rings (SSSR count). The van der Waals surface area contributed by atoms with Crippen LogP contribution in [0.1, 0.15) is 16.8 Å². The van der Waals surface area contributed by atoms with E-state index in [1.54, 1.807) is 7.11 Å². The number of hydrogen-bond donors (Lipinski definition) is 1. The first kappa shape index (κ1) is 13.7. The van der Waals surface area contributed by atoms with Crippen molar-refractivity contribution in [3.63, 3.8) is 0 Å². The molecule has 0 atom stereocenters. The third kappa shape index (κ3) is 2.11. The van der Waals surface area contributed by atoms with E-state index in [9.17, 15) is 5.26 Å². The van der Waals surface area contributed by atoms with Crippen molar-refractivity contribution in [1.29, 1.82) is 5.26 Å². The Kier molecular flexibility index (Phi) is 3.17. The first-order valence-corrected chi connectivity index (χ1v) is 7.69. The summed E-state index contributed by atoms with van der Waals surface area (Å²) in [5.41, 5.74) is 7.60. The molecular weight excluding hydrogens is 284 g/mol. The van der Waals surface area contributed by atoms with Crippen molar-refractivity contribution in [2.45, 2.75) is 12.8 Å². The van der Waals surface area contributed by atoms with Crippen LogP contribution >= 0.6 is 0 Å². The topological polar surface area (TPSA) is 48.8 Å². The van der Waals surface area contributed by atoms with Crippen molar-refractivity contribution in [2.75, 3.05) is 7.11 Å². The summed E-state index contributed by atoms with van der Waals surface area (Å²) in [6.45, 7) is 0. The van der Waals surface area contributed by atoms with Gasteiger partial charge in [-0.3, -0.25) is 0 Å². The van der Waals surface area contributed by atoms with Gasteiger partial charge in [0.1, 0.15) is 17.5 Å². The Morgan fingerprint density at radius 3 is 2.57 bits per heavy atom. The number of aryl methyl sites for hydroxylation is 1. The molecule has 1 aliphatic rings. The fraction of sp³-hybridized carbons (Fsp3) is 0.150. The lowest BCUT2D eigenvalue weighted by Crippen LogP contribution is -2.03. The molecule has 0 unspecified atom stereocenters. The lowest BCUT2D eigenvalue weighted by Gasteiger charge is -2.17. The van der Waals surface area contributed by atoms with E-state index in [4.69, 9.17) is 4.74 Å². The predicted molar refractivity (Wildman–Crippen MR) is 90.3 cm³/mol. The highest BCUT2D eigenvalue weighted by molar-refractivity contribution is 5.84.